The van der Waals surface area contributed by atoms with Crippen molar-refractivity contribution in [1.29, 1.82) is 0 Å². The Morgan fingerprint density at radius 2 is 0.602 bits per heavy atom. The fourth-order valence-corrected chi connectivity index (χ4v) is 10.7. The molecule has 0 bridgehead atoms. The molecule has 1 aromatic heterocycles. The summed E-state index contributed by atoms with van der Waals surface area (Å²) in [7, 11) is 0. The zero-order valence-electron chi connectivity index (χ0n) is 43.7. The second-order valence-electron chi connectivity index (χ2n) is 20.2. The Hall–Kier alpha value is -8.65. The van der Waals surface area contributed by atoms with Crippen LogP contribution in [-0.2, 0) is 56.0 Å². The van der Waals surface area contributed by atoms with Crippen LogP contribution in [0.2, 0.25) is 0 Å². The van der Waals surface area contributed by atoms with E-state index in [9.17, 15) is 105 Å². The van der Waals surface area contributed by atoms with Crippen LogP contribution in [0, 0.1) is 0 Å². The minimum absolute atomic E-state index is 0.125. The van der Waals surface area contributed by atoms with Crippen LogP contribution in [0.1, 0.15) is 67.3 Å². The van der Waals surface area contributed by atoms with Crippen molar-refractivity contribution in [3.63, 3.8) is 0 Å². The van der Waals surface area contributed by atoms with Crippen LogP contribution in [0.5, 0.6) is 5.88 Å². The van der Waals surface area contributed by atoms with E-state index in [0.29, 0.717) is 0 Å². The first-order valence-corrected chi connectivity index (χ1v) is 25.3. The van der Waals surface area contributed by atoms with Crippen LogP contribution in [-0.4, -0.2) is 6.15 Å². The molecule has 460 valence electrons. The lowest BCUT2D eigenvalue weighted by molar-refractivity contribution is -0.692. The van der Waals surface area contributed by atoms with E-state index in [-0.39, 0.29) is 6.10 Å². The number of aromatic nitrogens is 1. The Labute approximate surface area is 480 Å². The Balaban J connectivity index is 0.000000246. The molecule has 0 fully saturated rings. The highest BCUT2D eigenvalue weighted by Crippen LogP contribution is 2.47. The fourth-order valence-electron chi connectivity index (χ4n) is 10.7. The minimum Gasteiger partial charge on any atom is -0.431 e. The van der Waals surface area contributed by atoms with Crippen molar-refractivity contribution < 1.29 is 115 Å². The average molecular weight is 1260 g/mol. The topological polar surface area (TPSA) is 13.1 Å². The number of fused-ring (bicyclic) bond motifs is 4. The summed E-state index contributed by atoms with van der Waals surface area (Å²) in [4.78, 5) is 0. The van der Waals surface area contributed by atoms with Gasteiger partial charge in [-0.15, -0.1) is 0 Å². The van der Waals surface area contributed by atoms with Gasteiger partial charge in [0.05, 0.1) is 49.9 Å². The third kappa shape index (κ3) is 13.1. The van der Waals surface area contributed by atoms with Gasteiger partial charge in [0.2, 0.25) is 0 Å². The van der Waals surface area contributed by atoms with E-state index in [1.807, 2.05) is 0 Å². The molecule has 0 radical (unpaired) electrons. The molecule has 10 rings (SSSR count). The molecule has 8 aromatic carbocycles. The lowest BCUT2D eigenvalue weighted by Crippen LogP contribution is -2.75. The van der Waals surface area contributed by atoms with Gasteiger partial charge in [0, 0.05) is 22.8 Å². The lowest BCUT2D eigenvalue weighted by Gasteiger charge is -2.46. The van der Waals surface area contributed by atoms with Gasteiger partial charge >= 0.3 is 55.3 Å². The molecule has 1 heterocycles. The molecule has 0 amide bonds. The summed E-state index contributed by atoms with van der Waals surface area (Å²) >= 11 is 0. The first-order chi connectivity index (χ1) is 40.6. The molecule has 0 N–H and O–H groups in total. The van der Waals surface area contributed by atoms with Crippen LogP contribution >= 0.6 is 0 Å². The number of hydrogen-bond acceptors (Lipinski definition) is 1. The van der Waals surface area contributed by atoms with Gasteiger partial charge in [-0.2, -0.15) is 132 Å². The highest BCUT2D eigenvalue weighted by molar-refractivity contribution is 7.20. The summed E-state index contributed by atoms with van der Waals surface area (Å²) in [5, 5.41) is 2.31. The van der Waals surface area contributed by atoms with Gasteiger partial charge in [-0.05, 0) is 46.8 Å². The van der Waals surface area contributed by atoms with Crippen LogP contribution in [0.4, 0.5) is 105 Å². The van der Waals surface area contributed by atoms with Gasteiger partial charge < -0.3 is 4.74 Å². The van der Waals surface area contributed by atoms with Gasteiger partial charge in [-0.1, -0.05) is 146 Å². The van der Waals surface area contributed by atoms with Gasteiger partial charge in [0.25, 0.3) is 0 Å². The normalized spacial score (nSPS) is 13.7. The Morgan fingerprint density at radius 1 is 0.318 bits per heavy atom. The molecule has 9 aromatic rings. The smallest absolute Gasteiger partial charge is 0.416 e. The zero-order chi connectivity index (χ0) is 64.5. The first kappa shape index (κ1) is 63.8. The summed E-state index contributed by atoms with van der Waals surface area (Å²) in [6.45, 7) is 0.761. The van der Waals surface area contributed by atoms with Crippen molar-refractivity contribution >= 4 is 38.8 Å². The maximum Gasteiger partial charge on any atom is 0.416 e. The van der Waals surface area contributed by atoms with Gasteiger partial charge in [-0.25, -0.2) is 0 Å². The van der Waals surface area contributed by atoms with Gasteiger partial charge in [0.1, 0.15) is 6.15 Å². The molecule has 27 heteroatoms. The average Bonchev–Trinajstić information content (AvgIpc) is 1.50. The SMILES string of the molecule is FC(F)(F)c1cc([B-](c2cc(C(F)(F)F)cc(C(F)(F)F)c2)(c2cc(C(F)(F)F)cc(C(F)(F)F)c2)c2cc(C(F)(F)F)cc(C(F)(F)F)c2)cc(C(F)(F)F)c1.c1ccc(C[n+]2ccc3ccccc3c2OC2c3ccccc3-c3ccccc32)cc1. The maximum absolute atomic E-state index is 14.2. The molecular formula is C61H34BF24NO. The number of pyridine rings is 1. The molecule has 0 aliphatic heterocycles. The van der Waals surface area contributed by atoms with Crippen molar-refractivity contribution in [2.24, 2.45) is 0 Å². The number of ether oxygens (including phenoxy) is 1. The van der Waals surface area contributed by atoms with E-state index in [1.165, 1.54) is 33.2 Å². The largest absolute Gasteiger partial charge is 0.431 e. The van der Waals surface area contributed by atoms with E-state index < -0.39 is 195 Å². The predicted molar refractivity (Wildman–Crippen MR) is 274 cm³/mol. The molecule has 1 aliphatic rings. The second-order valence-corrected chi connectivity index (χ2v) is 20.2. The molecule has 1 aliphatic carbocycles. The highest BCUT2D eigenvalue weighted by atomic mass is 19.4. The van der Waals surface area contributed by atoms with Crippen molar-refractivity contribution in [1.82, 2.24) is 0 Å². The fraction of sp³-hybridized carbons (Fsp3) is 0.164. The molecular weight excluding hydrogens is 1230 g/mol. The number of nitrogens with zero attached hydrogens (tertiary/aromatic N) is 1. The van der Waals surface area contributed by atoms with Crippen LogP contribution in [0.15, 0.2) is 188 Å². The summed E-state index contributed by atoms with van der Waals surface area (Å²) in [5.41, 5.74) is -24.0. The molecule has 0 spiro atoms. The summed E-state index contributed by atoms with van der Waals surface area (Å²) in [6.07, 6.45) is -52.8. The van der Waals surface area contributed by atoms with Gasteiger partial charge in [0.15, 0.2) is 18.8 Å². The Bertz CT molecular complexity index is 3580. The molecule has 0 atom stereocenters. The molecule has 2 nitrogen and oxygen atoms in total. The highest BCUT2D eigenvalue weighted by Gasteiger charge is 2.47. The third-order valence-corrected chi connectivity index (χ3v) is 14.5. The predicted octanol–water partition coefficient (Wildman–Crippen LogP) is 17.5. The molecule has 0 unspecified atom stereocenters. The number of benzene rings is 8. The number of rotatable bonds is 8. The summed E-state index contributed by atoms with van der Waals surface area (Å²) in [6, 6.07) is 29.5. The molecule has 0 saturated heterocycles. The van der Waals surface area contributed by atoms with Crippen LogP contribution in [0.3, 0.4) is 0 Å². The number of hydrogen-bond donors (Lipinski definition) is 0. The lowest BCUT2D eigenvalue weighted by atomic mass is 9.12. The number of halogens is 24. The van der Waals surface area contributed by atoms with E-state index in [1.54, 1.807) is 0 Å². The maximum atomic E-state index is 14.2. The summed E-state index contributed by atoms with van der Waals surface area (Å²) < 4.78 is 350. The first-order valence-electron chi connectivity index (χ1n) is 25.3. The van der Waals surface area contributed by atoms with E-state index >= 15 is 0 Å². The number of alkyl halides is 24. The van der Waals surface area contributed by atoms with E-state index in [2.05, 4.69) is 120 Å². The summed E-state index contributed by atoms with van der Waals surface area (Å²) in [5.74, 6) is 0.901. The van der Waals surface area contributed by atoms with Crippen molar-refractivity contribution in [2.45, 2.75) is 62.1 Å². The Kier molecular flexibility index (Phi) is 16.3. The monoisotopic (exact) mass is 1260 g/mol. The van der Waals surface area contributed by atoms with Crippen molar-refractivity contribution in [2.75, 3.05) is 0 Å². The molecule has 0 saturated carbocycles. The van der Waals surface area contributed by atoms with Crippen LogP contribution < -0.4 is 31.2 Å². The van der Waals surface area contributed by atoms with Gasteiger partial charge in [-0.3, -0.25) is 0 Å². The minimum atomic E-state index is -6.13. The quantitative estimate of drug-likeness (QED) is 0.0840. The standard InChI is InChI=1S/C32H12BF24.C29H22NO/c34-25(35,36)13-1-14(26(37,38)39)6-21(5-13)33(22-7-15(27(40,41)42)2-16(8-22)28(43,44)45,23-9-17(29(46,47)48)3-18(10-23)30(49,50)51)24-11-19(31(52,53)54)4-20(12-24)32(55,56)57;1-2-10-21(11-3-1)20-30-19-18-22-12-4-5-13-23(22)29(30)31-28-26-16-8-6-14-24(26)25-15-7-9-17-27(25)28/h1-12H;1-19,28H,20H2/q-1;+1. The second kappa shape index (κ2) is 22.5. The third-order valence-electron chi connectivity index (χ3n) is 14.5. The van der Waals surface area contributed by atoms with Crippen molar-refractivity contribution in [3.05, 3.63) is 249 Å². The van der Waals surface area contributed by atoms with E-state index in [4.69, 9.17) is 4.74 Å². The van der Waals surface area contributed by atoms with E-state index in [0.717, 1.165) is 17.8 Å². The van der Waals surface area contributed by atoms with Crippen molar-refractivity contribution in [3.8, 4) is 17.0 Å². The Morgan fingerprint density at radius 3 is 0.920 bits per heavy atom. The van der Waals surface area contributed by atoms with Crippen LogP contribution in [0.25, 0.3) is 21.9 Å². The molecule has 88 heavy (non-hydrogen) atoms. The zero-order valence-corrected chi connectivity index (χ0v) is 43.7.